The Bertz CT molecular complexity index is 694. The van der Waals surface area contributed by atoms with E-state index in [0.717, 1.165) is 5.56 Å². The molecule has 0 bridgehead atoms. The molecule has 0 saturated heterocycles. The van der Waals surface area contributed by atoms with Crippen LogP contribution in [-0.4, -0.2) is 24.5 Å². The molecular formula is C14H19N3O3S. The van der Waals surface area contributed by atoms with Gasteiger partial charge in [0, 0.05) is 12.4 Å². The predicted molar refractivity (Wildman–Crippen MR) is 79.6 cm³/mol. The average molecular weight is 309 g/mol. The number of aromatic amines is 1. The Morgan fingerprint density at radius 1 is 1.38 bits per heavy atom. The fourth-order valence-electron chi connectivity index (χ4n) is 1.82. The largest absolute Gasteiger partial charge is 0.491 e. The summed E-state index contributed by atoms with van der Waals surface area (Å²) in [6.07, 6.45) is 3.26. The maximum Gasteiger partial charge on any atom is 0.240 e. The molecule has 114 valence electrons. The molecule has 0 spiro atoms. The van der Waals surface area contributed by atoms with Crippen LogP contribution in [0.15, 0.2) is 35.5 Å². The lowest BCUT2D eigenvalue weighted by atomic mass is 10.2. The van der Waals surface area contributed by atoms with E-state index < -0.39 is 10.0 Å². The van der Waals surface area contributed by atoms with Crippen LogP contribution in [0.1, 0.15) is 25.2 Å². The van der Waals surface area contributed by atoms with Crippen molar-refractivity contribution in [3.05, 3.63) is 42.0 Å². The summed E-state index contributed by atoms with van der Waals surface area (Å²) in [5.41, 5.74) is 0.782. The standard InChI is InChI=1S/C14H19N3O3S/c1-10(2)20-13-5-4-12(8-11(13)3)21(18,19)17-9-14-15-6-7-16-14/h4-8,10,17H,9H2,1-3H3,(H,15,16). The van der Waals surface area contributed by atoms with Gasteiger partial charge in [0.05, 0.1) is 17.5 Å². The highest BCUT2D eigenvalue weighted by molar-refractivity contribution is 7.89. The zero-order valence-corrected chi connectivity index (χ0v) is 13.1. The maximum absolute atomic E-state index is 12.2. The van der Waals surface area contributed by atoms with E-state index in [1.165, 1.54) is 6.07 Å². The number of H-pyrrole nitrogens is 1. The number of hydrogen-bond donors (Lipinski definition) is 2. The Morgan fingerprint density at radius 2 is 2.14 bits per heavy atom. The molecule has 0 amide bonds. The number of hydrogen-bond acceptors (Lipinski definition) is 4. The second-order valence-corrected chi connectivity index (χ2v) is 6.72. The van der Waals surface area contributed by atoms with Crippen LogP contribution < -0.4 is 9.46 Å². The first-order chi connectivity index (χ1) is 9.88. The number of rotatable bonds is 6. The fourth-order valence-corrected chi connectivity index (χ4v) is 2.89. The van der Waals surface area contributed by atoms with Crippen molar-refractivity contribution in [2.45, 2.75) is 38.3 Å². The lowest BCUT2D eigenvalue weighted by molar-refractivity contribution is 0.240. The Balaban J connectivity index is 2.14. The summed E-state index contributed by atoms with van der Waals surface area (Å²) in [5.74, 6) is 1.25. The summed E-state index contributed by atoms with van der Waals surface area (Å²) in [6, 6.07) is 4.81. The van der Waals surface area contributed by atoms with Crippen LogP contribution in [0.4, 0.5) is 0 Å². The van der Waals surface area contributed by atoms with E-state index in [4.69, 9.17) is 4.74 Å². The van der Waals surface area contributed by atoms with Gasteiger partial charge in [0.15, 0.2) is 0 Å². The van der Waals surface area contributed by atoms with Crippen molar-refractivity contribution in [1.29, 1.82) is 0 Å². The molecule has 0 aliphatic rings. The van der Waals surface area contributed by atoms with Crippen molar-refractivity contribution in [3.8, 4) is 5.75 Å². The Labute approximate surface area is 124 Å². The van der Waals surface area contributed by atoms with E-state index in [-0.39, 0.29) is 17.5 Å². The van der Waals surface area contributed by atoms with Crippen LogP contribution in [0.2, 0.25) is 0 Å². The minimum Gasteiger partial charge on any atom is -0.491 e. The molecule has 2 rings (SSSR count). The van der Waals surface area contributed by atoms with E-state index in [1.54, 1.807) is 24.5 Å². The average Bonchev–Trinajstić information content (AvgIpc) is 2.91. The van der Waals surface area contributed by atoms with Gasteiger partial charge in [-0.15, -0.1) is 0 Å². The highest BCUT2D eigenvalue weighted by atomic mass is 32.2. The number of nitrogens with zero attached hydrogens (tertiary/aromatic N) is 1. The summed E-state index contributed by atoms with van der Waals surface area (Å²) in [6.45, 7) is 5.80. The second kappa shape index (κ2) is 6.28. The van der Waals surface area contributed by atoms with Gasteiger partial charge in [-0.1, -0.05) is 0 Å². The molecule has 0 unspecified atom stereocenters. The normalized spacial score (nSPS) is 11.8. The summed E-state index contributed by atoms with van der Waals surface area (Å²) >= 11 is 0. The SMILES string of the molecule is Cc1cc(S(=O)(=O)NCc2ncc[nH]2)ccc1OC(C)C. The second-order valence-electron chi connectivity index (χ2n) is 4.95. The number of nitrogens with one attached hydrogen (secondary N) is 2. The fraction of sp³-hybridized carbons (Fsp3) is 0.357. The molecule has 0 saturated carbocycles. The quantitative estimate of drug-likeness (QED) is 0.854. The zero-order valence-electron chi connectivity index (χ0n) is 12.3. The Kier molecular flexibility index (Phi) is 4.64. The highest BCUT2D eigenvalue weighted by Gasteiger charge is 2.16. The molecule has 0 fully saturated rings. The van der Waals surface area contributed by atoms with Gasteiger partial charge in [0.1, 0.15) is 11.6 Å². The lowest BCUT2D eigenvalue weighted by Crippen LogP contribution is -2.24. The summed E-state index contributed by atoms with van der Waals surface area (Å²) in [7, 11) is -3.57. The molecule has 0 aliphatic heterocycles. The smallest absolute Gasteiger partial charge is 0.240 e. The number of aromatic nitrogens is 2. The first kappa shape index (κ1) is 15.5. The minimum absolute atomic E-state index is 0.0447. The van der Waals surface area contributed by atoms with Gasteiger partial charge in [0.2, 0.25) is 10.0 Å². The van der Waals surface area contributed by atoms with Crippen molar-refractivity contribution >= 4 is 10.0 Å². The van der Waals surface area contributed by atoms with E-state index in [0.29, 0.717) is 11.6 Å². The number of aryl methyl sites for hydroxylation is 1. The van der Waals surface area contributed by atoms with Crippen molar-refractivity contribution in [2.24, 2.45) is 0 Å². The number of imidazole rings is 1. The molecule has 1 heterocycles. The number of benzene rings is 1. The number of ether oxygens (including phenoxy) is 1. The van der Waals surface area contributed by atoms with E-state index in [9.17, 15) is 8.42 Å². The van der Waals surface area contributed by atoms with Gasteiger partial charge in [-0.05, 0) is 44.5 Å². The molecule has 7 heteroatoms. The molecule has 1 aromatic heterocycles. The summed E-state index contributed by atoms with van der Waals surface area (Å²) < 4.78 is 32.5. The molecule has 0 aliphatic carbocycles. The molecule has 21 heavy (non-hydrogen) atoms. The van der Waals surface area contributed by atoms with Gasteiger partial charge >= 0.3 is 0 Å². The number of sulfonamides is 1. The van der Waals surface area contributed by atoms with Crippen molar-refractivity contribution in [1.82, 2.24) is 14.7 Å². The lowest BCUT2D eigenvalue weighted by Gasteiger charge is -2.13. The minimum atomic E-state index is -3.57. The van der Waals surface area contributed by atoms with Crippen LogP contribution in [0.25, 0.3) is 0 Å². The van der Waals surface area contributed by atoms with Crippen LogP contribution in [0.3, 0.4) is 0 Å². The Morgan fingerprint density at radius 3 is 2.71 bits per heavy atom. The van der Waals surface area contributed by atoms with Gasteiger partial charge in [-0.3, -0.25) is 0 Å². The van der Waals surface area contributed by atoms with Gasteiger partial charge in [-0.2, -0.15) is 0 Å². The van der Waals surface area contributed by atoms with Crippen molar-refractivity contribution < 1.29 is 13.2 Å². The maximum atomic E-state index is 12.2. The van der Waals surface area contributed by atoms with E-state index in [2.05, 4.69) is 14.7 Å². The molecule has 1 aromatic carbocycles. The monoisotopic (exact) mass is 309 g/mol. The summed E-state index contributed by atoms with van der Waals surface area (Å²) in [5, 5.41) is 0. The molecule has 2 aromatic rings. The molecule has 0 atom stereocenters. The van der Waals surface area contributed by atoms with E-state index >= 15 is 0 Å². The van der Waals surface area contributed by atoms with Crippen LogP contribution >= 0.6 is 0 Å². The van der Waals surface area contributed by atoms with E-state index in [1.807, 2.05) is 20.8 Å². The molecule has 0 radical (unpaired) electrons. The van der Waals surface area contributed by atoms with Crippen LogP contribution in [-0.2, 0) is 16.6 Å². The molecule has 2 N–H and O–H groups in total. The third-order valence-corrected chi connectivity index (χ3v) is 4.20. The van der Waals surface area contributed by atoms with Gasteiger partial charge in [0.25, 0.3) is 0 Å². The first-order valence-electron chi connectivity index (χ1n) is 6.64. The van der Waals surface area contributed by atoms with Crippen LogP contribution in [0, 0.1) is 6.92 Å². The predicted octanol–water partition coefficient (Wildman–Crippen LogP) is 1.98. The van der Waals surface area contributed by atoms with Gasteiger partial charge in [-0.25, -0.2) is 18.1 Å². The Hall–Kier alpha value is -1.86. The zero-order chi connectivity index (χ0) is 15.5. The molecule has 6 nitrogen and oxygen atoms in total. The first-order valence-corrected chi connectivity index (χ1v) is 8.12. The van der Waals surface area contributed by atoms with Crippen LogP contribution in [0.5, 0.6) is 5.75 Å². The third kappa shape index (κ3) is 4.05. The molecular weight excluding hydrogens is 290 g/mol. The highest BCUT2D eigenvalue weighted by Crippen LogP contribution is 2.22. The van der Waals surface area contributed by atoms with Crippen molar-refractivity contribution in [2.75, 3.05) is 0 Å². The van der Waals surface area contributed by atoms with Crippen molar-refractivity contribution in [3.63, 3.8) is 0 Å². The topological polar surface area (TPSA) is 84.1 Å². The van der Waals surface area contributed by atoms with Gasteiger partial charge < -0.3 is 9.72 Å². The summed E-state index contributed by atoms with van der Waals surface area (Å²) in [4.78, 5) is 7.03. The third-order valence-electron chi connectivity index (χ3n) is 2.80.